The number of unbranched alkanes of at least 4 members (excludes halogenated alkanes) is 1. The van der Waals surface area contributed by atoms with Crippen molar-refractivity contribution in [3.05, 3.63) is 15.9 Å². The molecular formula is C13H22N4O3. The van der Waals surface area contributed by atoms with Crippen molar-refractivity contribution in [1.29, 1.82) is 0 Å². The van der Waals surface area contributed by atoms with E-state index in [0.29, 0.717) is 18.9 Å². The van der Waals surface area contributed by atoms with Crippen LogP contribution in [0.15, 0.2) is 0 Å². The third kappa shape index (κ3) is 4.32. The van der Waals surface area contributed by atoms with Crippen LogP contribution in [0.4, 0.5) is 11.5 Å². The molecular weight excluding hydrogens is 260 g/mol. The summed E-state index contributed by atoms with van der Waals surface area (Å²) in [7, 11) is 0. The predicted molar refractivity (Wildman–Crippen MR) is 77.2 cm³/mol. The maximum atomic E-state index is 11.3. The molecule has 20 heavy (non-hydrogen) atoms. The monoisotopic (exact) mass is 282 g/mol. The van der Waals surface area contributed by atoms with E-state index in [0.717, 1.165) is 12.8 Å². The molecule has 0 aliphatic heterocycles. The summed E-state index contributed by atoms with van der Waals surface area (Å²) in [6.07, 6.45) is 2.38. The summed E-state index contributed by atoms with van der Waals surface area (Å²) in [5.74, 6) is 0.812. The van der Waals surface area contributed by atoms with Crippen LogP contribution < -0.4 is 10.1 Å². The molecule has 1 rings (SSSR count). The summed E-state index contributed by atoms with van der Waals surface area (Å²) in [5, 5.41) is 14.2. The van der Waals surface area contributed by atoms with Crippen LogP contribution in [0.2, 0.25) is 0 Å². The molecule has 0 bridgehead atoms. The Balaban J connectivity index is 3.19. The molecule has 0 unspecified atom stereocenters. The third-order valence-corrected chi connectivity index (χ3v) is 2.56. The van der Waals surface area contributed by atoms with Crippen LogP contribution in [0, 0.1) is 10.1 Å². The Bertz CT molecular complexity index is 463. The molecule has 0 saturated heterocycles. The maximum Gasteiger partial charge on any atom is 0.372 e. The number of nitrogens with zero attached hydrogens (tertiary/aromatic N) is 3. The zero-order valence-corrected chi connectivity index (χ0v) is 12.5. The first-order chi connectivity index (χ1) is 9.49. The maximum absolute atomic E-state index is 11.3. The zero-order valence-electron chi connectivity index (χ0n) is 12.5. The standard InChI is InChI=1S/C13H22N4O3/c1-5-7-8-20-13-11(17(18)19)12(14-9(3)4)15-10(6-2)16-13/h9H,5-8H2,1-4H3,(H,14,15,16). The van der Waals surface area contributed by atoms with Gasteiger partial charge in [0.15, 0.2) is 0 Å². The summed E-state index contributed by atoms with van der Waals surface area (Å²) >= 11 is 0. The predicted octanol–water partition coefficient (Wildman–Crippen LogP) is 2.95. The van der Waals surface area contributed by atoms with Crippen LogP contribution in [0.5, 0.6) is 5.88 Å². The molecule has 112 valence electrons. The van der Waals surface area contributed by atoms with Crippen LogP contribution in [0.3, 0.4) is 0 Å². The molecule has 7 nitrogen and oxygen atoms in total. The van der Waals surface area contributed by atoms with E-state index in [1.54, 1.807) is 0 Å². The number of nitro groups is 1. The Labute approximate surface area is 118 Å². The van der Waals surface area contributed by atoms with E-state index in [1.165, 1.54) is 0 Å². The lowest BCUT2D eigenvalue weighted by molar-refractivity contribution is -0.385. The number of nitrogens with one attached hydrogen (secondary N) is 1. The molecule has 0 saturated carbocycles. The topological polar surface area (TPSA) is 90.2 Å². The van der Waals surface area contributed by atoms with Crippen LogP contribution in [0.25, 0.3) is 0 Å². The number of hydrogen-bond donors (Lipinski definition) is 1. The van der Waals surface area contributed by atoms with Gasteiger partial charge in [0.1, 0.15) is 5.82 Å². The average Bonchev–Trinajstić information content (AvgIpc) is 2.37. The van der Waals surface area contributed by atoms with Gasteiger partial charge < -0.3 is 10.1 Å². The Morgan fingerprint density at radius 1 is 1.35 bits per heavy atom. The van der Waals surface area contributed by atoms with Gasteiger partial charge in [-0.05, 0) is 20.3 Å². The lowest BCUT2D eigenvalue weighted by atomic mass is 10.3. The molecule has 0 radical (unpaired) electrons. The molecule has 0 fully saturated rings. The number of hydrogen-bond acceptors (Lipinski definition) is 6. The van der Waals surface area contributed by atoms with Gasteiger partial charge in [0.2, 0.25) is 5.82 Å². The molecule has 1 aromatic heterocycles. The number of aryl methyl sites for hydroxylation is 1. The van der Waals surface area contributed by atoms with Crippen molar-refractivity contribution in [3.8, 4) is 5.88 Å². The van der Waals surface area contributed by atoms with E-state index in [9.17, 15) is 10.1 Å². The van der Waals surface area contributed by atoms with Gasteiger partial charge in [-0.25, -0.2) is 4.98 Å². The minimum Gasteiger partial charge on any atom is -0.473 e. The first kappa shape index (κ1) is 16.1. The van der Waals surface area contributed by atoms with E-state index < -0.39 is 4.92 Å². The minimum absolute atomic E-state index is 0.0387. The van der Waals surface area contributed by atoms with E-state index in [-0.39, 0.29) is 23.4 Å². The Morgan fingerprint density at radius 3 is 2.55 bits per heavy atom. The number of anilines is 1. The van der Waals surface area contributed by atoms with E-state index >= 15 is 0 Å². The van der Waals surface area contributed by atoms with Crippen LogP contribution in [0.1, 0.15) is 46.4 Å². The molecule has 0 atom stereocenters. The Hall–Kier alpha value is -1.92. The summed E-state index contributed by atoms with van der Waals surface area (Å²) < 4.78 is 5.47. The smallest absolute Gasteiger partial charge is 0.372 e. The van der Waals surface area contributed by atoms with Crippen LogP contribution in [-0.2, 0) is 6.42 Å². The van der Waals surface area contributed by atoms with Gasteiger partial charge in [0, 0.05) is 12.5 Å². The quantitative estimate of drug-likeness (QED) is 0.448. The average molecular weight is 282 g/mol. The molecule has 1 aromatic rings. The molecule has 7 heteroatoms. The summed E-state index contributed by atoms with van der Waals surface area (Å²) in [6.45, 7) is 8.14. The molecule has 0 aliphatic rings. The normalized spacial score (nSPS) is 10.7. The number of rotatable bonds is 8. The fraction of sp³-hybridized carbons (Fsp3) is 0.692. The molecule has 0 aliphatic carbocycles. The highest BCUT2D eigenvalue weighted by molar-refractivity contribution is 5.62. The summed E-state index contributed by atoms with van der Waals surface area (Å²) in [5.41, 5.74) is -0.188. The first-order valence-electron chi connectivity index (χ1n) is 6.94. The molecule has 0 amide bonds. The highest BCUT2D eigenvalue weighted by atomic mass is 16.6. The summed E-state index contributed by atoms with van der Waals surface area (Å²) in [6, 6.07) is 0.0387. The van der Waals surface area contributed by atoms with Crippen LogP contribution >= 0.6 is 0 Å². The van der Waals surface area contributed by atoms with Crippen molar-refractivity contribution in [2.24, 2.45) is 0 Å². The van der Waals surface area contributed by atoms with Crippen LogP contribution in [-0.4, -0.2) is 27.5 Å². The lowest BCUT2D eigenvalue weighted by Gasteiger charge is -2.13. The van der Waals surface area contributed by atoms with Gasteiger partial charge in [0.25, 0.3) is 5.88 Å². The highest BCUT2D eigenvalue weighted by Gasteiger charge is 2.26. The molecule has 0 aromatic carbocycles. The second kappa shape index (κ2) is 7.62. The van der Waals surface area contributed by atoms with E-state index in [1.807, 2.05) is 27.7 Å². The molecule has 0 spiro atoms. The lowest BCUT2D eigenvalue weighted by Crippen LogP contribution is -2.15. The molecule has 1 N–H and O–H groups in total. The Kier molecular flexibility index (Phi) is 6.14. The van der Waals surface area contributed by atoms with Crippen molar-refractivity contribution in [2.75, 3.05) is 11.9 Å². The zero-order chi connectivity index (χ0) is 15.1. The first-order valence-corrected chi connectivity index (χ1v) is 6.94. The summed E-state index contributed by atoms with van der Waals surface area (Å²) in [4.78, 5) is 19.1. The SMILES string of the molecule is CCCCOc1nc(CC)nc(NC(C)C)c1[N+](=O)[O-]. The second-order valence-corrected chi connectivity index (χ2v) is 4.75. The van der Waals surface area contributed by atoms with Crippen molar-refractivity contribution < 1.29 is 9.66 Å². The minimum atomic E-state index is -0.495. The van der Waals surface area contributed by atoms with Crippen molar-refractivity contribution >= 4 is 11.5 Å². The van der Waals surface area contributed by atoms with Crippen molar-refractivity contribution in [2.45, 2.75) is 53.0 Å². The van der Waals surface area contributed by atoms with Gasteiger partial charge in [0.05, 0.1) is 11.5 Å². The van der Waals surface area contributed by atoms with Gasteiger partial charge in [-0.3, -0.25) is 10.1 Å². The van der Waals surface area contributed by atoms with Gasteiger partial charge >= 0.3 is 5.69 Å². The fourth-order valence-corrected chi connectivity index (χ4v) is 1.59. The Morgan fingerprint density at radius 2 is 2.05 bits per heavy atom. The van der Waals surface area contributed by atoms with E-state index in [4.69, 9.17) is 4.74 Å². The van der Waals surface area contributed by atoms with Crippen molar-refractivity contribution in [3.63, 3.8) is 0 Å². The third-order valence-electron chi connectivity index (χ3n) is 2.56. The van der Waals surface area contributed by atoms with Gasteiger partial charge in [-0.15, -0.1) is 0 Å². The largest absolute Gasteiger partial charge is 0.473 e. The van der Waals surface area contributed by atoms with Crippen molar-refractivity contribution in [1.82, 2.24) is 9.97 Å². The number of aromatic nitrogens is 2. The highest BCUT2D eigenvalue weighted by Crippen LogP contribution is 2.32. The fourth-order valence-electron chi connectivity index (χ4n) is 1.59. The van der Waals surface area contributed by atoms with E-state index in [2.05, 4.69) is 15.3 Å². The molecule has 1 heterocycles. The van der Waals surface area contributed by atoms with Gasteiger partial charge in [-0.1, -0.05) is 20.3 Å². The second-order valence-electron chi connectivity index (χ2n) is 4.75. The number of ether oxygens (including phenoxy) is 1. The van der Waals surface area contributed by atoms with Gasteiger partial charge in [-0.2, -0.15) is 4.98 Å².